The van der Waals surface area contributed by atoms with Crippen molar-refractivity contribution in [3.05, 3.63) is 59.2 Å². The summed E-state index contributed by atoms with van der Waals surface area (Å²) < 4.78 is 40.9. The lowest BCUT2D eigenvalue weighted by atomic mass is 9.81. The summed E-state index contributed by atoms with van der Waals surface area (Å²) >= 11 is 0. The Morgan fingerprint density at radius 3 is 2.65 bits per heavy atom. The third-order valence-electron chi connectivity index (χ3n) is 6.37. The number of alkyl halides is 3. The molecule has 2 N–H and O–H groups in total. The molecule has 0 spiro atoms. The summed E-state index contributed by atoms with van der Waals surface area (Å²) in [6.45, 7) is 2.79. The van der Waals surface area contributed by atoms with Crippen LogP contribution in [-0.4, -0.2) is 51.6 Å². The minimum atomic E-state index is -4.57. The van der Waals surface area contributed by atoms with Gasteiger partial charge < -0.3 is 14.6 Å². The summed E-state index contributed by atoms with van der Waals surface area (Å²) in [6, 6.07) is 9.64. The van der Waals surface area contributed by atoms with Gasteiger partial charge in [-0.2, -0.15) is 13.2 Å². The van der Waals surface area contributed by atoms with Crippen molar-refractivity contribution in [2.24, 2.45) is 0 Å². The van der Waals surface area contributed by atoms with Gasteiger partial charge in [-0.05, 0) is 55.7 Å². The highest BCUT2D eigenvalue weighted by Crippen LogP contribution is 2.36. The predicted octanol–water partition coefficient (Wildman–Crippen LogP) is 3.81. The van der Waals surface area contributed by atoms with Crippen LogP contribution in [0.1, 0.15) is 41.3 Å². The fourth-order valence-corrected chi connectivity index (χ4v) is 4.32. The molecule has 0 unspecified atom stereocenters. The topological polar surface area (TPSA) is 87.5 Å². The normalized spacial score (nSPS) is 18.6. The van der Waals surface area contributed by atoms with E-state index < -0.39 is 23.1 Å². The molecule has 180 valence electrons. The number of rotatable bonds is 6. The van der Waals surface area contributed by atoms with Crippen LogP contribution < -0.4 is 5.32 Å². The first kappa shape index (κ1) is 23.7. The number of likely N-dealkylation sites (N-methyl/N-ethyl adjacent to an activating group) is 1. The highest BCUT2D eigenvalue weighted by atomic mass is 19.4. The first-order chi connectivity index (χ1) is 16.0. The molecular formula is C24H25F3N4O3. The third-order valence-corrected chi connectivity index (χ3v) is 6.37. The molecule has 4 rings (SSSR count). The zero-order valence-corrected chi connectivity index (χ0v) is 18.8. The molecule has 2 heterocycles. The molecule has 0 aliphatic carbocycles. The van der Waals surface area contributed by atoms with E-state index in [1.807, 2.05) is 25.1 Å². The number of hydrogen-bond donors (Lipinski definition) is 2. The van der Waals surface area contributed by atoms with Gasteiger partial charge in [0.05, 0.1) is 22.0 Å². The molecule has 0 bridgehead atoms. The van der Waals surface area contributed by atoms with Crippen molar-refractivity contribution in [3.8, 4) is 0 Å². The van der Waals surface area contributed by atoms with E-state index in [9.17, 15) is 27.9 Å². The number of benzene rings is 2. The van der Waals surface area contributed by atoms with Crippen LogP contribution in [0.4, 0.5) is 19.1 Å². The predicted molar refractivity (Wildman–Crippen MR) is 120 cm³/mol. The van der Waals surface area contributed by atoms with Crippen LogP contribution in [0.25, 0.3) is 11.0 Å². The van der Waals surface area contributed by atoms with Crippen molar-refractivity contribution in [2.45, 2.75) is 37.9 Å². The van der Waals surface area contributed by atoms with Crippen molar-refractivity contribution < 1.29 is 27.9 Å². The summed E-state index contributed by atoms with van der Waals surface area (Å²) in [6.07, 6.45) is -3.51. The zero-order chi connectivity index (χ0) is 24.7. The number of aromatic nitrogens is 2. The molecule has 7 nitrogen and oxygen atoms in total. The number of halogens is 3. The average molecular weight is 474 g/mol. The number of aliphatic hydroxyl groups is 1. The summed E-state index contributed by atoms with van der Waals surface area (Å²) in [5.41, 5.74) is 0.273. The standard InChI is InChI=1S/C24H25F3N4O3/c1-23(9-11-30(2)21(23)34)16-7-8-19-18(14-16)28-22(31(19)10-4-12-32)29-20(33)15-5-3-6-17(13-15)24(25,26)27/h3,5-8,13-14,32H,4,9-12H2,1-2H3,(H,28,29,33)/t23-/m0/s1. The number of carbonyl (C=O) groups excluding carboxylic acids is 2. The molecular weight excluding hydrogens is 449 g/mol. The van der Waals surface area contributed by atoms with E-state index >= 15 is 0 Å². The van der Waals surface area contributed by atoms with Crippen molar-refractivity contribution >= 4 is 28.8 Å². The van der Waals surface area contributed by atoms with Crippen LogP contribution in [0.3, 0.4) is 0 Å². The average Bonchev–Trinajstić information content (AvgIpc) is 3.28. The summed E-state index contributed by atoms with van der Waals surface area (Å²) in [5.74, 6) is -0.556. The Labute approximate surface area is 194 Å². The summed E-state index contributed by atoms with van der Waals surface area (Å²) in [7, 11) is 1.76. The van der Waals surface area contributed by atoms with Crippen LogP contribution in [0, 0.1) is 0 Å². The van der Waals surface area contributed by atoms with Gasteiger partial charge in [0.25, 0.3) is 5.91 Å². The molecule has 3 aromatic rings. The lowest BCUT2D eigenvalue weighted by Crippen LogP contribution is -2.33. The molecule has 2 amide bonds. The maximum Gasteiger partial charge on any atom is 0.416 e. The maximum absolute atomic E-state index is 13.1. The van der Waals surface area contributed by atoms with Gasteiger partial charge in [0.15, 0.2) is 0 Å². The van der Waals surface area contributed by atoms with Gasteiger partial charge in [-0.25, -0.2) is 4.98 Å². The molecule has 1 atom stereocenters. The van der Waals surface area contributed by atoms with Gasteiger partial charge in [0.1, 0.15) is 0 Å². The molecule has 0 radical (unpaired) electrons. The van der Waals surface area contributed by atoms with Crippen LogP contribution in [0.5, 0.6) is 0 Å². The molecule has 1 aliphatic heterocycles. The van der Waals surface area contributed by atoms with E-state index in [1.165, 1.54) is 12.1 Å². The number of aliphatic hydroxyl groups excluding tert-OH is 1. The van der Waals surface area contributed by atoms with Crippen molar-refractivity contribution in [2.75, 3.05) is 25.5 Å². The van der Waals surface area contributed by atoms with E-state index in [4.69, 9.17) is 0 Å². The van der Waals surface area contributed by atoms with Crippen LogP contribution in [-0.2, 0) is 22.9 Å². The minimum Gasteiger partial charge on any atom is -0.396 e. The molecule has 1 saturated heterocycles. The molecule has 34 heavy (non-hydrogen) atoms. The van der Waals surface area contributed by atoms with Gasteiger partial charge in [-0.3, -0.25) is 14.9 Å². The Kier molecular flexibility index (Phi) is 6.11. The smallest absolute Gasteiger partial charge is 0.396 e. The maximum atomic E-state index is 13.1. The number of aryl methyl sites for hydroxylation is 1. The van der Waals surface area contributed by atoms with Gasteiger partial charge in [-0.15, -0.1) is 0 Å². The Hall–Kier alpha value is -3.40. The number of nitrogens with one attached hydrogen (secondary N) is 1. The molecule has 2 aromatic carbocycles. The minimum absolute atomic E-state index is 0.0182. The van der Waals surface area contributed by atoms with Gasteiger partial charge in [0, 0.05) is 32.3 Å². The molecule has 1 aliphatic rings. The highest BCUT2D eigenvalue weighted by molar-refractivity contribution is 6.04. The fourth-order valence-electron chi connectivity index (χ4n) is 4.32. The summed E-state index contributed by atoms with van der Waals surface area (Å²) in [4.78, 5) is 31.7. The SMILES string of the molecule is CN1CC[C@@](C)(c2ccc3c(c2)nc(NC(=O)c2cccc(C(F)(F)F)c2)n3CCCO)C1=O. The Bertz CT molecular complexity index is 1250. The van der Waals surface area contributed by atoms with Gasteiger partial charge in [-0.1, -0.05) is 12.1 Å². The van der Waals surface area contributed by atoms with E-state index in [0.29, 0.717) is 37.0 Å². The lowest BCUT2D eigenvalue weighted by Gasteiger charge is -2.22. The van der Waals surface area contributed by atoms with E-state index in [-0.39, 0.29) is 24.0 Å². The Morgan fingerprint density at radius 1 is 1.24 bits per heavy atom. The van der Waals surface area contributed by atoms with Gasteiger partial charge >= 0.3 is 6.18 Å². The number of fused-ring (bicyclic) bond motifs is 1. The summed E-state index contributed by atoms with van der Waals surface area (Å²) in [5, 5.41) is 11.9. The molecule has 10 heteroatoms. The molecule has 1 fully saturated rings. The monoisotopic (exact) mass is 474 g/mol. The quantitative estimate of drug-likeness (QED) is 0.569. The number of anilines is 1. The number of nitrogens with zero attached hydrogens (tertiary/aromatic N) is 3. The van der Waals surface area contributed by atoms with E-state index in [0.717, 1.165) is 17.7 Å². The second-order valence-corrected chi connectivity index (χ2v) is 8.71. The number of amides is 2. The number of carbonyl (C=O) groups is 2. The van der Waals surface area contributed by atoms with Gasteiger partial charge in [0.2, 0.25) is 11.9 Å². The van der Waals surface area contributed by atoms with E-state index in [1.54, 1.807) is 16.5 Å². The van der Waals surface area contributed by atoms with Crippen LogP contribution in [0.2, 0.25) is 0 Å². The fraction of sp³-hybridized carbons (Fsp3) is 0.375. The Balaban J connectivity index is 1.70. The van der Waals surface area contributed by atoms with Crippen LogP contribution >= 0.6 is 0 Å². The first-order valence-corrected chi connectivity index (χ1v) is 10.9. The molecule has 0 saturated carbocycles. The largest absolute Gasteiger partial charge is 0.416 e. The highest BCUT2D eigenvalue weighted by Gasteiger charge is 2.42. The first-order valence-electron chi connectivity index (χ1n) is 10.9. The van der Waals surface area contributed by atoms with Crippen LogP contribution in [0.15, 0.2) is 42.5 Å². The number of likely N-dealkylation sites (tertiary alicyclic amines) is 1. The second-order valence-electron chi connectivity index (χ2n) is 8.71. The zero-order valence-electron chi connectivity index (χ0n) is 18.8. The van der Waals surface area contributed by atoms with E-state index in [2.05, 4.69) is 10.3 Å². The van der Waals surface area contributed by atoms with Crippen molar-refractivity contribution in [1.82, 2.24) is 14.5 Å². The molecule has 1 aromatic heterocycles. The van der Waals surface area contributed by atoms with Crippen molar-refractivity contribution in [3.63, 3.8) is 0 Å². The number of imidazole rings is 1. The Morgan fingerprint density at radius 2 is 2.00 bits per heavy atom. The number of hydrogen-bond acceptors (Lipinski definition) is 4. The third kappa shape index (κ3) is 4.25. The van der Waals surface area contributed by atoms with Crippen molar-refractivity contribution in [1.29, 1.82) is 0 Å². The lowest BCUT2D eigenvalue weighted by molar-refractivity contribution is -0.137. The second kappa shape index (κ2) is 8.75.